The monoisotopic (exact) mass is 333 g/mol. The summed E-state index contributed by atoms with van der Waals surface area (Å²) in [6.07, 6.45) is 5.33. The minimum Gasteiger partial charge on any atom is -0.299 e. The summed E-state index contributed by atoms with van der Waals surface area (Å²) >= 11 is 0. The minimum atomic E-state index is 0.197. The van der Waals surface area contributed by atoms with Gasteiger partial charge in [0, 0.05) is 30.5 Å². The molecule has 25 heavy (non-hydrogen) atoms. The van der Waals surface area contributed by atoms with Gasteiger partial charge in [0.25, 0.3) is 0 Å². The lowest BCUT2D eigenvalue weighted by molar-refractivity contribution is -0.136. The first-order valence-electron chi connectivity index (χ1n) is 9.66. The summed E-state index contributed by atoms with van der Waals surface area (Å²) in [5.74, 6) is 0.718. The zero-order valence-electron chi connectivity index (χ0n) is 15.0. The van der Waals surface area contributed by atoms with Crippen LogP contribution in [0.4, 0.5) is 0 Å². The summed E-state index contributed by atoms with van der Waals surface area (Å²) in [5, 5.41) is 0. The van der Waals surface area contributed by atoms with E-state index < -0.39 is 0 Å². The fourth-order valence-corrected chi connectivity index (χ4v) is 4.95. The first-order valence-corrected chi connectivity index (χ1v) is 9.66. The lowest BCUT2D eigenvalue weighted by Gasteiger charge is -2.50. The highest BCUT2D eigenvalue weighted by atomic mass is 16.1. The van der Waals surface area contributed by atoms with Gasteiger partial charge in [-0.1, -0.05) is 73.5 Å². The number of fused-ring (bicyclic) bond motifs is 1. The molecule has 1 saturated carbocycles. The molecule has 0 amide bonds. The largest absolute Gasteiger partial charge is 0.299 e. The SMILES string of the molecule is C[C@H](c1ccccc1)N1[C@H](c2ccccc2)CC(=O)[C@H]2CCCC[C@@H]21. The number of Topliss-reactive ketones (excluding diaryl/α,β-unsaturated/α-hetero) is 1. The van der Waals surface area contributed by atoms with Crippen molar-refractivity contribution in [1.82, 2.24) is 4.90 Å². The van der Waals surface area contributed by atoms with Crippen molar-refractivity contribution in [3.63, 3.8) is 0 Å². The van der Waals surface area contributed by atoms with Gasteiger partial charge in [-0.25, -0.2) is 0 Å². The molecule has 4 rings (SSSR count). The molecule has 0 bridgehead atoms. The maximum atomic E-state index is 12.9. The van der Waals surface area contributed by atoms with E-state index in [9.17, 15) is 4.79 Å². The van der Waals surface area contributed by atoms with Crippen molar-refractivity contribution < 1.29 is 4.79 Å². The van der Waals surface area contributed by atoms with Crippen molar-refractivity contribution in [2.75, 3.05) is 0 Å². The molecule has 0 N–H and O–H groups in total. The number of hydrogen-bond acceptors (Lipinski definition) is 2. The highest BCUT2D eigenvalue weighted by Gasteiger charge is 2.45. The van der Waals surface area contributed by atoms with Gasteiger partial charge in [0.05, 0.1) is 0 Å². The molecule has 1 saturated heterocycles. The molecule has 1 aliphatic carbocycles. The lowest BCUT2D eigenvalue weighted by Crippen LogP contribution is -2.53. The van der Waals surface area contributed by atoms with Crippen LogP contribution in [0.5, 0.6) is 0 Å². The van der Waals surface area contributed by atoms with Crippen molar-refractivity contribution in [2.45, 2.75) is 57.2 Å². The molecule has 4 atom stereocenters. The number of ketones is 1. The molecule has 2 nitrogen and oxygen atoms in total. The topological polar surface area (TPSA) is 20.3 Å². The predicted molar refractivity (Wildman–Crippen MR) is 101 cm³/mol. The second kappa shape index (κ2) is 7.13. The van der Waals surface area contributed by atoms with Gasteiger partial charge in [-0.15, -0.1) is 0 Å². The van der Waals surface area contributed by atoms with Crippen LogP contribution in [0.25, 0.3) is 0 Å². The molecule has 2 heteroatoms. The van der Waals surface area contributed by atoms with Crippen LogP contribution in [0.3, 0.4) is 0 Å². The van der Waals surface area contributed by atoms with Crippen LogP contribution in [-0.2, 0) is 4.79 Å². The van der Waals surface area contributed by atoms with E-state index in [2.05, 4.69) is 72.5 Å². The van der Waals surface area contributed by atoms with E-state index in [1.54, 1.807) is 0 Å². The number of rotatable bonds is 3. The second-order valence-electron chi connectivity index (χ2n) is 7.59. The number of hydrogen-bond donors (Lipinski definition) is 0. The molecule has 1 heterocycles. The van der Waals surface area contributed by atoms with Gasteiger partial charge in [-0.3, -0.25) is 9.69 Å². The van der Waals surface area contributed by atoms with Crippen molar-refractivity contribution >= 4 is 5.78 Å². The van der Waals surface area contributed by atoms with Gasteiger partial charge in [0.15, 0.2) is 0 Å². The Hall–Kier alpha value is -1.93. The van der Waals surface area contributed by atoms with Gasteiger partial charge >= 0.3 is 0 Å². The molecule has 2 aromatic carbocycles. The summed E-state index contributed by atoms with van der Waals surface area (Å²) in [4.78, 5) is 15.6. The van der Waals surface area contributed by atoms with E-state index >= 15 is 0 Å². The average molecular weight is 333 g/mol. The zero-order valence-corrected chi connectivity index (χ0v) is 15.0. The van der Waals surface area contributed by atoms with E-state index in [4.69, 9.17) is 0 Å². The van der Waals surface area contributed by atoms with Crippen LogP contribution in [0, 0.1) is 5.92 Å². The standard InChI is InChI=1S/C23H27NO/c1-17(18-10-4-2-5-11-18)24-21-15-9-8-14-20(21)23(25)16-22(24)19-12-6-3-7-13-19/h2-7,10-13,17,20-22H,8-9,14-16H2,1H3/t17-,20+,21+,22+/m1/s1. The summed E-state index contributed by atoms with van der Waals surface area (Å²) in [7, 11) is 0. The first-order chi connectivity index (χ1) is 12.3. The third kappa shape index (κ3) is 3.16. The Labute approximate surface area is 150 Å². The third-order valence-corrected chi connectivity index (χ3v) is 6.19. The Morgan fingerprint density at radius 2 is 1.56 bits per heavy atom. The summed E-state index contributed by atoms with van der Waals surface area (Å²) < 4.78 is 0. The average Bonchev–Trinajstić information content (AvgIpc) is 2.69. The number of nitrogens with zero attached hydrogens (tertiary/aromatic N) is 1. The Morgan fingerprint density at radius 3 is 2.28 bits per heavy atom. The number of likely N-dealkylation sites (tertiary alicyclic amines) is 1. The van der Waals surface area contributed by atoms with E-state index in [-0.39, 0.29) is 12.0 Å². The number of carbonyl (C=O) groups is 1. The van der Waals surface area contributed by atoms with Crippen LogP contribution in [-0.4, -0.2) is 16.7 Å². The molecule has 0 aromatic heterocycles. The highest BCUT2D eigenvalue weighted by Crippen LogP contribution is 2.45. The molecule has 2 aliphatic rings. The Morgan fingerprint density at radius 1 is 0.920 bits per heavy atom. The van der Waals surface area contributed by atoms with E-state index in [1.165, 1.54) is 24.0 Å². The van der Waals surface area contributed by atoms with Gasteiger partial charge in [0.2, 0.25) is 0 Å². The van der Waals surface area contributed by atoms with E-state index in [0.29, 0.717) is 24.3 Å². The molecular weight excluding hydrogens is 306 g/mol. The Bertz CT molecular complexity index is 711. The summed E-state index contributed by atoms with van der Waals surface area (Å²) in [6.45, 7) is 2.31. The van der Waals surface area contributed by atoms with Crippen LogP contribution < -0.4 is 0 Å². The van der Waals surface area contributed by atoms with Crippen LogP contribution in [0.1, 0.15) is 62.2 Å². The van der Waals surface area contributed by atoms with Crippen LogP contribution in [0.2, 0.25) is 0 Å². The fourth-order valence-electron chi connectivity index (χ4n) is 4.95. The molecule has 2 aromatic rings. The van der Waals surface area contributed by atoms with Gasteiger partial charge < -0.3 is 0 Å². The zero-order chi connectivity index (χ0) is 17.2. The summed E-state index contributed by atoms with van der Waals surface area (Å²) in [5.41, 5.74) is 2.63. The van der Waals surface area contributed by atoms with Crippen LogP contribution >= 0.6 is 0 Å². The van der Waals surface area contributed by atoms with Crippen molar-refractivity contribution in [2.24, 2.45) is 5.92 Å². The van der Waals surface area contributed by atoms with Crippen molar-refractivity contribution in [3.05, 3.63) is 71.8 Å². The molecule has 0 unspecified atom stereocenters. The normalized spacial score (nSPS) is 28.4. The predicted octanol–water partition coefficient (Wildman–Crippen LogP) is 5.32. The molecule has 0 radical (unpaired) electrons. The smallest absolute Gasteiger partial charge is 0.139 e. The van der Waals surface area contributed by atoms with Gasteiger partial charge in [-0.2, -0.15) is 0 Å². The molecule has 2 fully saturated rings. The molecule has 0 spiro atoms. The minimum absolute atomic E-state index is 0.197. The maximum absolute atomic E-state index is 12.9. The third-order valence-electron chi connectivity index (χ3n) is 6.19. The highest BCUT2D eigenvalue weighted by molar-refractivity contribution is 5.83. The Kier molecular flexibility index (Phi) is 4.72. The second-order valence-corrected chi connectivity index (χ2v) is 7.59. The number of benzene rings is 2. The summed E-state index contributed by atoms with van der Waals surface area (Å²) in [6, 6.07) is 22.3. The molecule has 130 valence electrons. The van der Waals surface area contributed by atoms with Gasteiger partial charge in [0.1, 0.15) is 5.78 Å². The first kappa shape index (κ1) is 16.5. The van der Waals surface area contributed by atoms with Crippen molar-refractivity contribution in [3.8, 4) is 0 Å². The molecule has 1 aliphatic heterocycles. The van der Waals surface area contributed by atoms with E-state index in [1.807, 2.05) is 0 Å². The van der Waals surface area contributed by atoms with E-state index in [0.717, 1.165) is 12.8 Å². The van der Waals surface area contributed by atoms with Crippen molar-refractivity contribution in [1.29, 1.82) is 0 Å². The number of carbonyl (C=O) groups excluding carboxylic acids is 1. The quantitative estimate of drug-likeness (QED) is 0.757. The molecular formula is C23H27NO. The Balaban J connectivity index is 1.74. The van der Waals surface area contributed by atoms with Gasteiger partial charge in [-0.05, 0) is 30.9 Å². The maximum Gasteiger partial charge on any atom is 0.139 e. The fraction of sp³-hybridized carbons (Fsp3) is 0.435. The van der Waals surface area contributed by atoms with Crippen LogP contribution in [0.15, 0.2) is 60.7 Å². The number of piperidine rings is 1. The lowest BCUT2D eigenvalue weighted by atomic mass is 9.73.